The lowest BCUT2D eigenvalue weighted by Crippen LogP contribution is -1.99. The highest BCUT2D eigenvalue weighted by molar-refractivity contribution is 8.19. The molecule has 0 fully saturated rings. The molecule has 19 heavy (non-hydrogen) atoms. The second-order valence-corrected chi connectivity index (χ2v) is 9.76. The summed E-state index contributed by atoms with van der Waals surface area (Å²) in [7, 11) is 0. The van der Waals surface area contributed by atoms with E-state index < -0.39 is 0 Å². The summed E-state index contributed by atoms with van der Waals surface area (Å²) in [6, 6.07) is 8.47. The van der Waals surface area contributed by atoms with Gasteiger partial charge in [0.2, 0.25) is 0 Å². The first kappa shape index (κ1) is 13.8. The van der Waals surface area contributed by atoms with Crippen molar-refractivity contribution in [2.45, 2.75) is 21.8 Å². The van der Waals surface area contributed by atoms with Gasteiger partial charge in [0, 0.05) is 5.75 Å². The molecule has 1 nitrogen and oxygen atoms in total. The summed E-state index contributed by atoms with van der Waals surface area (Å²) < 4.78 is 3.69. The fourth-order valence-electron chi connectivity index (χ4n) is 1.72. The van der Waals surface area contributed by atoms with Crippen molar-refractivity contribution >= 4 is 69.1 Å². The zero-order valence-corrected chi connectivity index (χ0v) is 14.3. The van der Waals surface area contributed by atoms with Crippen LogP contribution in [-0.4, -0.2) is 10.8 Å². The minimum Gasteiger partial charge on any atom is -0.245 e. The van der Waals surface area contributed by atoms with Gasteiger partial charge in [-0.05, 0) is 24.1 Å². The molecule has 0 atom stereocenters. The molecule has 0 bridgehead atoms. The molecular weight excluding hydrogens is 330 g/mol. The summed E-state index contributed by atoms with van der Waals surface area (Å²) >= 11 is 12.3. The Morgan fingerprint density at radius 3 is 2.95 bits per heavy atom. The Bertz CT molecular complexity index is 682. The van der Waals surface area contributed by atoms with Crippen LogP contribution in [0.3, 0.4) is 0 Å². The van der Waals surface area contributed by atoms with Crippen LogP contribution < -0.4 is 0 Å². The second kappa shape index (κ2) is 6.10. The number of benzene rings is 1. The zero-order valence-electron chi connectivity index (χ0n) is 10.2. The average molecular weight is 342 g/mol. The van der Waals surface area contributed by atoms with Crippen molar-refractivity contribution in [2.75, 3.05) is 5.75 Å². The van der Waals surface area contributed by atoms with Crippen molar-refractivity contribution in [3.05, 3.63) is 33.0 Å². The van der Waals surface area contributed by atoms with Gasteiger partial charge in [0.15, 0.2) is 0 Å². The topological polar surface area (TPSA) is 12.4 Å². The number of fused-ring (bicyclic) bond motifs is 1. The number of nitrogens with zero attached hydrogens (tertiary/aromatic N) is 1. The van der Waals surface area contributed by atoms with E-state index in [0.29, 0.717) is 0 Å². The van der Waals surface area contributed by atoms with Crippen molar-refractivity contribution in [1.29, 1.82) is 0 Å². The predicted octanol–water partition coefficient (Wildman–Crippen LogP) is 6.03. The van der Waals surface area contributed by atoms with Crippen molar-refractivity contribution in [1.82, 2.24) is 0 Å². The van der Waals surface area contributed by atoms with Crippen LogP contribution in [0.5, 0.6) is 0 Å². The summed E-state index contributed by atoms with van der Waals surface area (Å²) in [5.41, 5.74) is 2.40. The predicted molar refractivity (Wildman–Crippen MR) is 92.5 cm³/mol. The van der Waals surface area contributed by atoms with Crippen LogP contribution in [0.1, 0.15) is 12.5 Å². The van der Waals surface area contributed by atoms with E-state index in [-0.39, 0.29) is 0 Å². The summed E-state index contributed by atoms with van der Waals surface area (Å²) in [6.07, 6.45) is 1.05. The number of hydrogen-bond acceptors (Lipinski definition) is 6. The van der Waals surface area contributed by atoms with Crippen molar-refractivity contribution in [2.24, 2.45) is 4.99 Å². The van der Waals surface area contributed by atoms with E-state index in [9.17, 15) is 0 Å². The van der Waals surface area contributed by atoms with Crippen molar-refractivity contribution < 1.29 is 0 Å². The van der Waals surface area contributed by atoms with Gasteiger partial charge in [0.05, 0.1) is 19.1 Å². The van der Waals surface area contributed by atoms with Crippen LogP contribution in [0, 0.1) is 3.14 Å². The molecular formula is C13H11NS5. The molecule has 1 aromatic heterocycles. The Kier molecular flexibility index (Phi) is 4.44. The van der Waals surface area contributed by atoms with Gasteiger partial charge in [-0.25, -0.2) is 4.99 Å². The highest BCUT2D eigenvalue weighted by Crippen LogP contribution is 2.46. The number of hydrogen-bond donors (Lipinski definition) is 0. The average Bonchev–Trinajstić information content (AvgIpc) is 2.78. The maximum atomic E-state index is 5.25. The molecule has 6 heteroatoms. The molecule has 2 aromatic rings. The fraction of sp³-hybridized carbons (Fsp3) is 0.231. The lowest BCUT2D eigenvalue weighted by atomic mass is 10.1. The summed E-state index contributed by atoms with van der Waals surface area (Å²) in [6.45, 7) is 2.17. The highest BCUT2D eigenvalue weighted by atomic mass is 32.2. The molecule has 2 heterocycles. The Balaban J connectivity index is 1.87. The van der Waals surface area contributed by atoms with Crippen LogP contribution in [0.2, 0.25) is 0 Å². The van der Waals surface area contributed by atoms with E-state index in [0.717, 1.165) is 21.0 Å². The molecule has 98 valence electrons. The normalized spacial score (nSPS) is 16.6. The fourth-order valence-corrected chi connectivity index (χ4v) is 7.75. The van der Waals surface area contributed by atoms with Crippen molar-refractivity contribution in [3.8, 4) is 0 Å². The summed E-state index contributed by atoms with van der Waals surface area (Å²) in [5, 5.41) is 1.18. The number of rotatable bonds is 2. The molecule has 0 saturated carbocycles. The lowest BCUT2D eigenvalue weighted by Gasteiger charge is -2.11. The van der Waals surface area contributed by atoms with E-state index in [1.807, 2.05) is 11.8 Å². The zero-order chi connectivity index (χ0) is 13.2. The second-order valence-electron chi connectivity index (χ2n) is 3.95. The van der Waals surface area contributed by atoms with Gasteiger partial charge in [0.25, 0.3) is 0 Å². The molecule has 0 N–H and O–H groups in total. The quantitative estimate of drug-likeness (QED) is 0.619. The third-order valence-corrected chi connectivity index (χ3v) is 8.29. The van der Waals surface area contributed by atoms with Gasteiger partial charge in [-0.15, -0.1) is 34.4 Å². The van der Waals surface area contributed by atoms with E-state index in [2.05, 4.69) is 31.2 Å². The molecule has 3 rings (SSSR count). The number of aliphatic imine (C=N–C) groups is 1. The van der Waals surface area contributed by atoms with Gasteiger partial charge < -0.3 is 0 Å². The molecule has 0 radical (unpaired) electrons. The number of aryl methyl sites for hydroxylation is 1. The van der Waals surface area contributed by atoms with Gasteiger partial charge in [0.1, 0.15) is 3.14 Å². The van der Waals surface area contributed by atoms with E-state index in [1.165, 1.54) is 19.0 Å². The van der Waals surface area contributed by atoms with Crippen LogP contribution in [0.4, 0.5) is 5.69 Å². The first-order valence-electron chi connectivity index (χ1n) is 5.85. The SMILES string of the molecule is CCc1cccc(N=C2CSc3sc(=S)sc3S2)c1. The molecule has 0 amide bonds. The van der Waals surface area contributed by atoms with Gasteiger partial charge >= 0.3 is 0 Å². The Labute approximate surface area is 134 Å². The molecule has 1 aromatic carbocycles. The Morgan fingerprint density at radius 1 is 1.26 bits per heavy atom. The van der Waals surface area contributed by atoms with Crippen molar-refractivity contribution in [3.63, 3.8) is 0 Å². The van der Waals surface area contributed by atoms with E-state index >= 15 is 0 Å². The summed E-state index contributed by atoms with van der Waals surface area (Å²) in [4.78, 5) is 4.77. The van der Waals surface area contributed by atoms with E-state index in [1.54, 1.807) is 34.4 Å². The largest absolute Gasteiger partial charge is 0.245 e. The third kappa shape index (κ3) is 3.31. The number of thioether (sulfide) groups is 2. The highest BCUT2D eigenvalue weighted by Gasteiger charge is 2.18. The molecule has 1 aliphatic heterocycles. The van der Waals surface area contributed by atoms with E-state index in [4.69, 9.17) is 17.2 Å². The Hall–Kier alpha value is -0.140. The maximum Gasteiger partial charge on any atom is 0.145 e. The van der Waals surface area contributed by atoms with Crippen LogP contribution in [0.25, 0.3) is 0 Å². The Morgan fingerprint density at radius 2 is 2.11 bits per heavy atom. The van der Waals surface area contributed by atoms with Gasteiger partial charge in [-0.1, -0.05) is 43.0 Å². The molecule has 0 spiro atoms. The molecule has 0 aliphatic carbocycles. The third-order valence-electron chi connectivity index (χ3n) is 2.63. The standard InChI is InChI=1S/C13H11NS5/c1-2-8-4-3-5-9(6-8)14-10-7-16-11-12(17-10)19-13(15)18-11/h3-6H,2,7H2,1H3. The monoisotopic (exact) mass is 341 g/mol. The molecule has 0 unspecified atom stereocenters. The first-order chi connectivity index (χ1) is 9.24. The molecule has 0 saturated heterocycles. The van der Waals surface area contributed by atoms with Gasteiger partial charge in [-0.2, -0.15) is 0 Å². The smallest absolute Gasteiger partial charge is 0.145 e. The van der Waals surface area contributed by atoms with Crippen LogP contribution in [-0.2, 0) is 6.42 Å². The maximum absolute atomic E-state index is 5.25. The minimum atomic E-state index is 0.954. The minimum absolute atomic E-state index is 0.954. The molecule has 1 aliphatic rings. The summed E-state index contributed by atoms with van der Waals surface area (Å²) in [5.74, 6) is 0.954. The first-order valence-corrected chi connectivity index (χ1v) is 9.70. The van der Waals surface area contributed by atoms with Crippen LogP contribution in [0.15, 0.2) is 37.7 Å². The van der Waals surface area contributed by atoms with Gasteiger partial charge in [-0.3, -0.25) is 0 Å². The lowest BCUT2D eigenvalue weighted by molar-refractivity contribution is 1.14. The van der Waals surface area contributed by atoms with Crippen LogP contribution >= 0.6 is 58.4 Å².